The standard InChI is InChI=1S/C9H19NO/c1-8(2)5-4-6-9(8,7-10)11-3/h4-7,10H2,1-3H3. The van der Waals surface area contributed by atoms with Gasteiger partial charge in [-0.1, -0.05) is 13.8 Å². The van der Waals surface area contributed by atoms with Crippen molar-refractivity contribution in [2.45, 2.75) is 38.7 Å². The van der Waals surface area contributed by atoms with E-state index in [0.29, 0.717) is 6.54 Å². The van der Waals surface area contributed by atoms with Crippen molar-refractivity contribution < 1.29 is 4.74 Å². The van der Waals surface area contributed by atoms with Crippen molar-refractivity contribution in [3.63, 3.8) is 0 Å². The molecule has 0 radical (unpaired) electrons. The summed E-state index contributed by atoms with van der Waals surface area (Å²) in [6.45, 7) is 5.14. The van der Waals surface area contributed by atoms with Gasteiger partial charge >= 0.3 is 0 Å². The summed E-state index contributed by atoms with van der Waals surface area (Å²) >= 11 is 0. The minimum Gasteiger partial charge on any atom is -0.376 e. The molecule has 1 fully saturated rings. The van der Waals surface area contributed by atoms with E-state index in [0.717, 1.165) is 6.42 Å². The third-order valence-electron chi connectivity index (χ3n) is 3.34. The van der Waals surface area contributed by atoms with Gasteiger partial charge < -0.3 is 10.5 Å². The Labute approximate surface area is 69.1 Å². The van der Waals surface area contributed by atoms with Gasteiger partial charge in [0.25, 0.3) is 0 Å². The molecule has 11 heavy (non-hydrogen) atoms. The molecule has 2 nitrogen and oxygen atoms in total. The molecule has 1 rings (SSSR count). The van der Waals surface area contributed by atoms with E-state index in [-0.39, 0.29) is 11.0 Å². The van der Waals surface area contributed by atoms with Crippen molar-refractivity contribution in [2.75, 3.05) is 13.7 Å². The number of hydrogen-bond acceptors (Lipinski definition) is 2. The molecule has 0 spiro atoms. The molecule has 0 heterocycles. The van der Waals surface area contributed by atoms with Crippen LogP contribution in [0.3, 0.4) is 0 Å². The van der Waals surface area contributed by atoms with Crippen LogP contribution in [0, 0.1) is 5.41 Å². The van der Waals surface area contributed by atoms with Crippen LogP contribution in [0.4, 0.5) is 0 Å². The first kappa shape index (κ1) is 9.01. The predicted octanol–water partition coefficient (Wildman–Crippen LogP) is 1.54. The Kier molecular flexibility index (Phi) is 2.26. The van der Waals surface area contributed by atoms with E-state index in [9.17, 15) is 0 Å². The Balaban J connectivity index is 2.81. The van der Waals surface area contributed by atoms with Crippen molar-refractivity contribution >= 4 is 0 Å². The first-order valence-corrected chi connectivity index (χ1v) is 4.33. The predicted molar refractivity (Wildman–Crippen MR) is 46.4 cm³/mol. The summed E-state index contributed by atoms with van der Waals surface area (Å²) in [5, 5.41) is 0. The van der Waals surface area contributed by atoms with Crippen molar-refractivity contribution in [1.29, 1.82) is 0 Å². The molecule has 0 aromatic rings. The van der Waals surface area contributed by atoms with Crippen LogP contribution < -0.4 is 5.73 Å². The Hall–Kier alpha value is -0.0800. The van der Waals surface area contributed by atoms with Gasteiger partial charge in [-0.2, -0.15) is 0 Å². The lowest BCUT2D eigenvalue weighted by Gasteiger charge is -2.39. The second-order valence-corrected chi connectivity index (χ2v) is 4.14. The highest BCUT2D eigenvalue weighted by molar-refractivity contribution is 5.00. The molecule has 2 N–H and O–H groups in total. The molecule has 1 aliphatic carbocycles. The number of ether oxygens (including phenoxy) is 1. The van der Waals surface area contributed by atoms with Gasteiger partial charge in [0.2, 0.25) is 0 Å². The molecule has 1 atom stereocenters. The highest BCUT2D eigenvalue weighted by Gasteiger charge is 2.47. The van der Waals surface area contributed by atoms with E-state index >= 15 is 0 Å². The molecule has 66 valence electrons. The number of hydrogen-bond donors (Lipinski definition) is 1. The largest absolute Gasteiger partial charge is 0.376 e. The molecule has 0 aromatic carbocycles. The summed E-state index contributed by atoms with van der Waals surface area (Å²) < 4.78 is 5.54. The van der Waals surface area contributed by atoms with Crippen molar-refractivity contribution in [1.82, 2.24) is 0 Å². The van der Waals surface area contributed by atoms with Gasteiger partial charge in [-0.25, -0.2) is 0 Å². The Morgan fingerprint density at radius 3 is 2.18 bits per heavy atom. The van der Waals surface area contributed by atoms with Crippen LogP contribution >= 0.6 is 0 Å². The molecule has 0 aliphatic heterocycles. The van der Waals surface area contributed by atoms with Gasteiger partial charge in [-0.3, -0.25) is 0 Å². The zero-order valence-electron chi connectivity index (χ0n) is 7.81. The molecule has 1 aliphatic rings. The SMILES string of the molecule is COC1(CN)CCCC1(C)C. The molecule has 1 saturated carbocycles. The molecular formula is C9H19NO. The topological polar surface area (TPSA) is 35.2 Å². The molecule has 2 heteroatoms. The zero-order valence-corrected chi connectivity index (χ0v) is 7.81. The van der Waals surface area contributed by atoms with Crippen LogP contribution in [-0.2, 0) is 4.74 Å². The second kappa shape index (κ2) is 2.76. The lowest BCUT2D eigenvalue weighted by molar-refractivity contribution is -0.0709. The maximum atomic E-state index is 5.73. The summed E-state index contributed by atoms with van der Waals surface area (Å²) in [6, 6.07) is 0. The first-order chi connectivity index (χ1) is 5.08. The van der Waals surface area contributed by atoms with Crippen LogP contribution in [0.2, 0.25) is 0 Å². The minimum atomic E-state index is -0.0486. The second-order valence-electron chi connectivity index (χ2n) is 4.14. The monoisotopic (exact) mass is 157 g/mol. The van der Waals surface area contributed by atoms with Crippen LogP contribution in [0.1, 0.15) is 33.1 Å². The van der Waals surface area contributed by atoms with Gasteiger partial charge in [0.1, 0.15) is 0 Å². The summed E-state index contributed by atoms with van der Waals surface area (Å²) in [6.07, 6.45) is 3.60. The molecule has 0 aromatic heterocycles. The van der Waals surface area contributed by atoms with Gasteiger partial charge in [-0.05, 0) is 24.7 Å². The number of methoxy groups -OCH3 is 1. The van der Waals surface area contributed by atoms with Gasteiger partial charge in [0.05, 0.1) is 5.60 Å². The maximum absolute atomic E-state index is 5.73. The highest BCUT2D eigenvalue weighted by atomic mass is 16.5. The molecule has 0 bridgehead atoms. The average molecular weight is 157 g/mol. The molecule has 0 amide bonds. The Morgan fingerprint density at radius 1 is 1.36 bits per heavy atom. The fraction of sp³-hybridized carbons (Fsp3) is 1.00. The van der Waals surface area contributed by atoms with Crippen LogP contribution in [0.25, 0.3) is 0 Å². The number of rotatable bonds is 2. The smallest absolute Gasteiger partial charge is 0.0850 e. The molecule has 1 unspecified atom stereocenters. The fourth-order valence-electron chi connectivity index (χ4n) is 2.22. The quantitative estimate of drug-likeness (QED) is 0.660. The Bertz CT molecular complexity index is 138. The van der Waals surface area contributed by atoms with Crippen molar-refractivity contribution in [3.8, 4) is 0 Å². The first-order valence-electron chi connectivity index (χ1n) is 4.33. The number of nitrogens with two attached hydrogens (primary N) is 1. The van der Waals surface area contributed by atoms with E-state index < -0.39 is 0 Å². The summed E-state index contributed by atoms with van der Waals surface area (Å²) in [4.78, 5) is 0. The fourth-order valence-corrected chi connectivity index (χ4v) is 2.22. The summed E-state index contributed by atoms with van der Waals surface area (Å²) in [7, 11) is 1.78. The lowest BCUT2D eigenvalue weighted by Crippen LogP contribution is -2.48. The van der Waals surface area contributed by atoms with Gasteiger partial charge in [0.15, 0.2) is 0 Å². The van der Waals surface area contributed by atoms with E-state index in [4.69, 9.17) is 10.5 Å². The molecular weight excluding hydrogens is 138 g/mol. The minimum absolute atomic E-state index is 0.0486. The zero-order chi connectivity index (χ0) is 8.54. The van der Waals surface area contributed by atoms with Crippen molar-refractivity contribution in [3.05, 3.63) is 0 Å². The van der Waals surface area contributed by atoms with E-state index in [1.54, 1.807) is 7.11 Å². The van der Waals surface area contributed by atoms with E-state index in [2.05, 4.69) is 13.8 Å². The van der Waals surface area contributed by atoms with Gasteiger partial charge in [0, 0.05) is 13.7 Å². The van der Waals surface area contributed by atoms with Crippen LogP contribution in [-0.4, -0.2) is 19.3 Å². The van der Waals surface area contributed by atoms with Crippen LogP contribution in [0.5, 0.6) is 0 Å². The lowest BCUT2D eigenvalue weighted by atomic mass is 9.77. The van der Waals surface area contributed by atoms with Crippen molar-refractivity contribution in [2.24, 2.45) is 11.1 Å². The van der Waals surface area contributed by atoms with Gasteiger partial charge in [-0.15, -0.1) is 0 Å². The summed E-state index contributed by atoms with van der Waals surface area (Å²) in [5.74, 6) is 0. The van der Waals surface area contributed by atoms with E-state index in [1.165, 1.54) is 12.8 Å². The maximum Gasteiger partial charge on any atom is 0.0850 e. The molecule has 0 saturated heterocycles. The normalized spacial score (nSPS) is 36.0. The Morgan fingerprint density at radius 2 is 2.00 bits per heavy atom. The summed E-state index contributed by atoms with van der Waals surface area (Å²) in [5.41, 5.74) is 5.94. The third kappa shape index (κ3) is 1.18. The van der Waals surface area contributed by atoms with Crippen LogP contribution in [0.15, 0.2) is 0 Å². The average Bonchev–Trinajstić information content (AvgIpc) is 2.26. The third-order valence-corrected chi connectivity index (χ3v) is 3.34. The highest BCUT2D eigenvalue weighted by Crippen LogP contribution is 2.47. The van der Waals surface area contributed by atoms with E-state index in [1.807, 2.05) is 0 Å².